The highest BCUT2D eigenvalue weighted by molar-refractivity contribution is 5.94. The van der Waals surface area contributed by atoms with Crippen LogP contribution in [-0.2, 0) is 11.2 Å². The van der Waals surface area contributed by atoms with Crippen molar-refractivity contribution < 1.29 is 4.79 Å². The summed E-state index contributed by atoms with van der Waals surface area (Å²) in [6, 6.07) is 6.34. The van der Waals surface area contributed by atoms with Crippen LogP contribution in [0.15, 0.2) is 18.2 Å². The summed E-state index contributed by atoms with van der Waals surface area (Å²) in [6.45, 7) is 4.54. The molecular formula is C13H17ClN2O. The summed E-state index contributed by atoms with van der Waals surface area (Å²) in [6.07, 6.45) is 1.07. The van der Waals surface area contributed by atoms with Gasteiger partial charge in [0.2, 0.25) is 5.91 Å². The molecule has 4 heteroatoms. The number of carbonyl (C=O) groups is 1. The number of hydrogen-bond acceptors (Lipinski definition) is 2. The quantitative estimate of drug-likeness (QED) is 0.762. The van der Waals surface area contributed by atoms with Gasteiger partial charge in [-0.3, -0.25) is 4.79 Å². The maximum absolute atomic E-state index is 11.6. The number of anilines is 1. The molecule has 0 aromatic heterocycles. The number of benzene rings is 1. The fraction of sp³-hybridized carbons (Fsp3) is 0.462. The van der Waals surface area contributed by atoms with E-state index in [2.05, 4.69) is 23.5 Å². The number of amides is 1. The van der Waals surface area contributed by atoms with Crippen LogP contribution in [0.1, 0.15) is 24.0 Å². The van der Waals surface area contributed by atoms with Gasteiger partial charge in [-0.15, -0.1) is 12.4 Å². The molecule has 92 valence electrons. The molecule has 0 spiro atoms. The van der Waals surface area contributed by atoms with Crippen LogP contribution >= 0.6 is 12.4 Å². The van der Waals surface area contributed by atoms with Crippen molar-refractivity contribution in [3.8, 4) is 0 Å². The normalized spacial score (nSPS) is 21.5. The molecule has 2 aliphatic rings. The van der Waals surface area contributed by atoms with E-state index < -0.39 is 0 Å². The molecule has 0 aliphatic carbocycles. The standard InChI is InChI=1S/C13H16N2O.ClH/c1-9(16)15-8-11-7-14-6-5-10-3-2-4-12(15)13(10)11;/h2-4,11,14H,5-8H2,1H3;1H. The van der Waals surface area contributed by atoms with E-state index in [9.17, 15) is 4.79 Å². The maximum atomic E-state index is 11.6. The molecule has 2 aliphatic heterocycles. The number of carbonyl (C=O) groups excluding carboxylic acids is 1. The molecule has 1 aromatic carbocycles. The predicted molar refractivity (Wildman–Crippen MR) is 71.0 cm³/mol. The molecule has 0 fully saturated rings. The zero-order chi connectivity index (χ0) is 11.1. The lowest BCUT2D eigenvalue weighted by molar-refractivity contribution is -0.116. The van der Waals surface area contributed by atoms with Crippen LogP contribution in [-0.4, -0.2) is 25.5 Å². The SMILES string of the molecule is CC(=O)N1CC2CNCCc3cccc1c32.Cl. The monoisotopic (exact) mass is 252 g/mol. The molecule has 1 atom stereocenters. The van der Waals surface area contributed by atoms with E-state index in [1.165, 1.54) is 11.1 Å². The van der Waals surface area contributed by atoms with Crippen LogP contribution in [0.4, 0.5) is 5.69 Å². The van der Waals surface area contributed by atoms with E-state index in [1.807, 2.05) is 4.90 Å². The summed E-state index contributed by atoms with van der Waals surface area (Å²) in [5.41, 5.74) is 3.96. The lowest BCUT2D eigenvalue weighted by atomic mass is 9.96. The Labute approximate surface area is 108 Å². The Bertz CT molecular complexity index is 447. The van der Waals surface area contributed by atoms with Crippen molar-refractivity contribution >= 4 is 24.0 Å². The van der Waals surface area contributed by atoms with Gasteiger partial charge in [-0.2, -0.15) is 0 Å². The smallest absolute Gasteiger partial charge is 0.223 e. The van der Waals surface area contributed by atoms with Gasteiger partial charge in [-0.25, -0.2) is 0 Å². The molecule has 0 radical (unpaired) electrons. The highest BCUT2D eigenvalue weighted by Gasteiger charge is 2.33. The van der Waals surface area contributed by atoms with Gasteiger partial charge < -0.3 is 10.2 Å². The van der Waals surface area contributed by atoms with Crippen LogP contribution < -0.4 is 10.2 Å². The first-order valence-corrected chi connectivity index (χ1v) is 5.88. The van der Waals surface area contributed by atoms with Gasteiger partial charge in [0.05, 0.1) is 0 Å². The molecule has 1 unspecified atom stereocenters. The molecule has 3 rings (SSSR count). The molecule has 1 aromatic rings. The summed E-state index contributed by atoms with van der Waals surface area (Å²) in [5, 5.41) is 3.45. The van der Waals surface area contributed by atoms with Gasteiger partial charge in [-0.05, 0) is 30.2 Å². The first-order chi connectivity index (χ1) is 7.77. The third kappa shape index (κ3) is 1.94. The molecule has 0 saturated heterocycles. The summed E-state index contributed by atoms with van der Waals surface area (Å²) < 4.78 is 0. The van der Waals surface area contributed by atoms with Gasteiger partial charge in [0.25, 0.3) is 0 Å². The molecule has 0 saturated carbocycles. The van der Waals surface area contributed by atoms with Crippen LogP contribution in [0, 0.1) is 0 Å². The minimum absolute atomic E-state index is 0. The minimum atomic E-state index is 0. The number of hydrogen-bond donors (Lipinski definition) is 1. The summed E-state index contributed by atoms with van der Waals surface area (Å²) >= 11 is 0. The largest absolute Gasteiger partial charge is 0.316 e. The second kappa shape index (κ2) is 4.67. The van der Waals surface area contributed by atoms with Crippen LogP contribution in [0.25, 0.3) is 0 Å². The van der Waals surface area contributed by atoms with Gasteiger partial charge >= 0.3 is 0 Å². The minimum Gasteiger partial charge on any atom is -0.316 e. The van der Waals surface area contributed by atoms with E-state index >= 15 is 0 Å². The summed E-state index contributed by atoms with van der Waals surface area (Å²) in [7, 11) is 0. The first-order valence-electron chi connectivity index (χ1n) is 5.88. The second-order valence-electron chi connectivity index (χ2n) is 4.63. The molecule has 1 amide bonds. The lowest BCUT2D eigenvalue weighted by Gasteiger charge is -2.16. The van der Waals surface area contributed by atoms with Gasteiger partial charge in [0.15, 0.2) is 0 Å². The average Bonchev–Trinajstić information content (AvgIpc) is 2.51. The molecular weight excluding hydrogens is 236 g/mol. The van der Waals surface area contributed by atoms with Crippen molar-refractivity contribution in [2.24, 2.45) is 0 Å². The molecule has 17 heavy (non-hydrogen) atoms. The predicted octanol–water partition coefficient (Wildman–Crippen LogP) is 1.70. The van der Waals surface area contributed by atoms with E-state index in [0.29, 0.717) is 5.92 Å². The zero-order valence-corrected chi connectivity index (χ0v) is 10.7. The molecule has 0 bridgehead atoms. The van der Waals surface area contributed by atoms with Gasteiger partial charge in [-0.1, -0.05) is 12.1 Å². The van der Waals surface area contributed by atoms with E-state index in [4.69, 9.17) is 0 Å². The summed E-state index contributed by atoms with van der Waals surface area (Å²) in [4.78, 5) is 13.5. The third-order valence-electron chi connectivity index (χ3n) is 3.62. The van der Waals surface area contributed by atoms with E-state index in [-0.39, 0.29) is 18.3 Å². The Kier molecular flexibility index (Phi) is 3.40. The lowest BCUT2D eigenvalue weighted by Crippen LogP contribution is -2.30. The van der Waals surface area contributed by atoms with Crippen molar-refractivity contribution in [1.82, 2.24) is 5.32 Å². The van der Waals surface area contributed by atoms with Crippen molar-refractivity contribution in [3.63, 3.8) is 0 Å². The Hall–Kier alpha value is -1.06. The highest BCUT2D eigenvalue weighted by Crippen LogP contribution is 2.39. The Morgan fingerprint density at radius 2 is 2.29 bits per heavy atom. The second-order valence-corrected chi connectivity index (χ2v) is 4.63. The third-order valence-corrected chi connectivity index (χ3v) is 3.62. The number of rotatable bonds is 0. The Morgan fingerprint density at radius 1 is 1.47 bits per heavy atom. The van der Waals surface area contributed by atoms with Crippen LogP contribution in [0.2, 0.25) is 0 Å². The first kappa shape index (κ1) is 12.4. The van der Waals surface area contributed by atoms with Crippen molar-refractivity contribution in [2.45, 2.75) is 19.3 Å². The maximum Gasteiger partial charge on any atom is 0.223 e. The Morgan fingerprint density at radius 3 is 3.06 bits per heavy atom. The molecule has 3 nitrogen and oxygen atoms in total. The van der Waals surface area contributed by atoms with Crippen molar-refractivity contribution in [3.05, 3.63) is 29.3 Å². The fourth-order valence-corrected chi connectivity index (χ4v) is 2.90. The van der Waals surface area contributed by atoms with E-state index in [1.54, 1.807) is 6.92 Å². The zero-order valence-electron chi connectivity index (χ0n) is 9.90. The molecule has 1 N–H and O–H groups in total. The van der Waals surface area contributed by atoms with Crippen LogP contribution in [0.5, 0.6) is 0 Å². The van der Waals surface area contributed by atoms with Crippen molar-refractivity contribution in [1.29, 1.82) is 0 Å². The average molecular weight is 253 g/mol. The highest BCUT2D eigenvalue weighted by atomic mass is 35.5. The van der Waals surface area contributed by atoms with Crippen molar-refractivity contribution in [2.75, 3.05) is 24.5 Å². The fourth-order valence-electron chi connectivity index (χ4n) is 2.90. The Balaban J connectivity index is 0.00000108. The summed E-state index contributed by atoms with van der Waals surface area (Å²) in [5.74, 6) is 0.638. The van der Waals surface area contributed by atoms with Gasteiger partial charge in [0, 0.05) is 31.6 Å². The topological polar surface area (TPSA) is 32.3 Å². The van der Waals surface area contributed by atoms with Crippen LogP contribution in [0.3, 0.4) is 0 Å². The number of nitrogens with one attached hydrogen (secondary N) is 1. The number of nitrogens with zero attached hydrogens (tertiary/aromatic N) is 1. The number of halogens is 1. The van der Waals surface area contributed by atoms with Gasteiger partial charge in [0.1, 0.15) is 0 Å². The molecule has 2 heterocycles. The van der Waals surface area contributed by atoms with E-state index in [0.717, 1.165) is 31.7 Å².